The van der Waals surface area contributed by atoms with Crippen molar-refractivity contribution in [2.45, 2.75) is 25.9 Å². The number of hydrogen-bond donors (Lipinski definition) is 2. The molecule has 1 unspecified atom stereocenters. The van der Waals surface area contributed by atoms with Crippen molar-refractivity contribution in [3.8, 4) is 0 Å². The van der Waals surface area contributed by atoms with Gasteiger partial charge in [-0.15, -0.1) is 0 Å². The summed E-state index contributed by atoms with van der Waals surface area (Å²) < 4.78 is 5.33. The molecule has 0 spiro atoms. The van der Waals surface area contributed by atoms with Gasteiger partial charge in [-0.1, -0.05) is 61.0 Å². The number of nitrogens with one attached hydrogen (secondary N) is 2. The van der Waals surface area contributed by atoms with Crippen molar-refractivity contribution in [2.75, 3.05) is 19.0 Å². The number of pyridine rings is 1. The number of rotatable bonds is 7. The maximum Gasteiger partial charge on any atom is 0.412 e. The Morgan fingerprint density at radius 1 is 1.13 bits per heavy atom. The highest BCUT2D eigenvalue weighted by Gasteiger charge is 2.20. The average molecular weight is 441 g/mol. The van der Waals surface area contributed by atoms with Crippen LogP contribution in [0, 0.1) is 0 Å². The first kappa shape index (κ1) is 22.4. The summed E-state index contributed by atoms with van der Waals surface area (Å²) in [6.45, 7) is 2.30. The van der Waals surface area contributed by atoms with Gasteiger partial charge in [0.05, 0.1) is 6.04 Å². The van der Waals surface area contributed by atoms with Crippen LogP contribution in [0.1, 0.15) is 18.9 Å². The van der Waals surface area contributed by atoms with Gasteiger partial charge in [-0.05, 0) is 29.5 Å². The Bertz CT molecular complexity index is 1060. The van der Waals surface area contributed by atoms with Gasteiger partial charge in [0.1, 0.15) is 12.4 Å². The number of urea groups is 1. The molecule has 162 valence electrons. The van der Waals surface area contributed by atoms with Crippen LogP contribution in [0.4, 0.5) is 15.4 Å². The number of carbonyl (C=O) groups is 2. The highest BCUT2D eigenvalue weighted by Crippen LogP contribution is 2.17. The third-order valence-corrected chi connectivity index (χ3v) is 5.36. The van der Waals surface area contributed by atoms with Crippen molar-refractivity contribution < 1.29 is 14.3 Å². The number of likely N-dealkylation sites (N-methyl/N-ethyl adjacent to an activating group) is 1. The number of aromatic nitrogens is 1. The van der Waals surface area contributed by atoms with Crippen LogP contribution < -0.4 is 10.6 Å². The Hall–Kier alpha value is -3.32. The number of halogens is 1. The predicted molar refractivity (Wildman–Crippen MR) is 122 cm³/mol. The van der Waals surface area contributed by atoms with Crippen LogP contribution in [0.2, 0.25) is 5.02 Å². The molecule has 1 heterocycles. The summed E-state index contributed by atoms with van der Waals surface area (Å²) >= 11 is 6.13. The third-order valence-electron chi connectivity index (χ3n) is 5.00. The van der Waals surface area contributed by atoms with Crippen LogP contribution in [0.3, 0.4) is 0 Å². The molecule has 0 radical (unpaired) electrons. The number of amides is 3. The van der Waals surface area contributed by atoms with E-state index in [9.17, 15) is 9.59 Å². The fraction of sp³-hybridized carbons (Fsp3) is 0.261. The molecular formula is C23H25ClN4O3. The van der Waals surface area contributed by atoms with E-state index in [1.165, 1.54) is 4.90 Å². The molecule has 0 saturated carbocycles. The van der Waals surface area contributed by atoms with Gasteiger partial charge in [0, 0.05) is 30.2 Å². The lowest BCUT2D eigenvalue weighted by molar-refractivity contribution is 0.115. The van der Waals surface area contributed by atoms with E-state index < -0.39 is 6.09 Å². The molecule has 1 aromatic heterocycles. The minimum Gasteiger partial charge on any atom is -0.447 e. The van der Waals surface area contributed by atoms with Crippen LogP contribution in [-0.2, 0) is 11.3 Å². The Morgan fingerprint density at radius 2 is 1.84 bits per heavy atom. The fourth-order valence-corrected chi connectivity index (χ4v) is 3.27. The molecule has 1 atom stereocenters. The van der Waals surface area contributed by atoms with Gasteiger partial charge in [-0.3, -0.25) is 5.32 Å². The molecule has 8 heteroatoms. The van der Waals surface area contributed by atoms with Gasteiger partial charge in [0.15, 0.2) is 0 Å². The largest absolute Gasteiger partial charge is 0.447 e. The zero-order valence-electron chi connectivity index (χ0n) is 17.5. The topological polar surface area (TPSA) is 83.6 Å². The van der Waals surface area contributed by atoms with Gasteiger partial charge in [0.2, 0.25) is 0 Å². The minimum absolute atomic E-state index is 0.0614. The zero-order valence-corrected chi connectivity index (χ0v) is 18.2. The second-order valence-electron chi connectivity index (χ2n) is 7.06. The summed E-state index contributed by atoms with van der Waals surface area (Å²) in [5, 5.41) is 8.01. The number of nitrogens with zero attached hydrogens (tertiary/aromatic N) is 2. The number of hydrogen-bond acceptors (Lipinski definition) is 4. The summed E-state index contributed by atoms with van der Waals surface area (Å²) in [4.78, 5) is 30.4. The van der Waals surface area contributed by atoms with Crippen molar-refractivity contribution in [3.05, 3.63) is 71.4 Å². The van der Waals surface area contributed by atoms with Crippen LogP contribution in [-0.4, -0.2) is 41.7 Å². The molecule has 0 saturated heterocycles. The van der Waals surface area contributed by atoms with Gasteiger partial charge >= 0.3 is 12.1 Å². The SMILES string of the molecule is CCC(COC(=O)Nc1cc2ccccc2cn1)N(C)C(=O)NCc1ccccc1Cl. The van der Waals surface area contributed by atoms with Gasteiger partial charge in [-0.2, -0.15) is 0 Å². The molecule has 3 amide bonds. The summed E-state index contributed by atoms with van der Waals surface area (Å²) in [6.07, 6.45) is 1.69. The van der Waals surface area contributed by atoms with Gasteiger partial charge < -0.3 is 15.0 Å². The number of fused-ring (bicyclic) bond motifs is 1. The normalized spacial score (nSPS) is 11.6. The molecular weight excluding hydrogens is 416 g/mol. The number of anilines is 1. The molecule has 7 nitrogen and oxygen atoms in total. The van der Waals surface area contributed by atoms with Crippen LogP contribution >= 0.6 is 11.6 Å². The van der Waals surface area contributed by atoms with Crippen molar-refractivity contribution in [3.63, 3.8) is 0 Å². The first-order valence-corrected chi connectivity index (χ1v) is 10.4. The van der Waals surface area contributed by atoms with E-state index in [1.807, 2.05) is 49.4 Å². The molecule has 2 N–H and O–H groups in total. The third kappa shape index (κ3) is 6.08. The van der Waals surface area contributed by atoms with Gasteiger partial charge in [0.25, 0.3) is 0 Å². The monoisotopic (exact) mass is 440 g/mol. The fourth-order valence-electron chi connectivity index (χ4n) is 3.07. The van der Waals surface area contributed by atoms with E-state index in [-0.39, 0.29) is 18.7 Å². The maximum absolute atomic E-state index is 12.5. The van der Waals surface area contributed by atoms with E-state index >= 15 is 0 Å². The van der Waals surface area contributed by atoms with E-state index in [0.29, 0.717) is 23.8 Å². The van der Waals surface area contributed by atoms with E-state index in [1.54, 1.807) is 25.4 Å². The van der Waals surface area contributed by atoms with E-state index in [0.717, 1.165) is 16.3 Å². The van der Waals surface area contributed by atoms with Crippen LogP contribution in [0.5, 0.6) is 0 Å². The maximum atomic E-state index is 12.5. The molecule has 3 rings (SSSR count). The molecule has 0 bridgehead atoms. The smallest absolute Gasteiger partial charge is 0.412 e. The first-order chi connectivity index (χ1) is 15.0. The van der Waals surface area contributed by atoms with Crippen molar-refractivity contribution in [1.82, 2.24) is 15.2 Å². The Balaban J connectivity index is 1.50. The van der Waals surface area contributed by atoms with Crippen LogP contribution in [0.25, 0.3) is 10.8 Å². The quantitative estimate of drug-likeness (QED) is 0.538. The number of carbonyl (C=O) groups excluding carboxylic acids is 2. The lowest BCUT2D eigenvalue weighted by Crippen LogP contribution is -2.45. The lowest BCUT2D eigenvalue weighted by Gasteiger charge is -2.27. The van der Waals surface area contributed by atoms with E-state index in [4.69, 9.17) is 16.3 Å². The van der Waals surface area contributed by atoms with E-state index in [2.05, 4.69) is 15.6 Å². The highest BCUT2D eigenvalue weighted by atomic mass is 35.5. The molecule has 2 aromatic carbocycles. The first-order valence-electron chi connectivity index (χ1n) is 10.0. The highest BCUT2D eigenvalue weighted by molar-refractivity contribution is 6.31. The summed E-state index contributed by atoms with van der Waals surface area (Å²) in [6, 6.07) is 16.3. The average Bonchev–Trinajstić information content (AvgIpc) is 2.78. The predicted octanol–water partition coefficient (Wildman–Crippen LogP) is 5.06. The van der Waals surface area contributed by atoms with Gasteiger partial charge in [-0.25, -0.2) is 14.6 Å². The number of benzene rings is 2. The van der Waals surface area contributed by atoms with Crippen molar-refractivity contribution >= 4 is 40.3 Å². The Kier molecular flexibility index (Phi) is 7.67. The second kappa shape index (κ2) is 10.6. The lowest BCUT2D eigenvalue weighted by atomic mass is 10.2. The summed E-state index contributed by atoms with van der Waals surface area (Å²) in [5.74, 6) is 0.405. The number of ether oxygens (including phenoxy) is 1. The van der Waals surface area contributed by atoms with Crippen molar-refractivity contribution in [1.29, 1.82) is 0 Å². The van der Waals surface area contributed by atoms with Crippen molar-refractivity contribution in [2.24, 2.45) is 0 Å². The summed E-state index contributed by atoms with van der Waals surface area (Å²) in [5.41, 5.74) is 0.831. The molecule has 0 aliphatic heterocycles. The molecule has 0 aliphatic rings. The Labute approximate surface area is 186 Å². The van der Waals surface area contributed by atoms with Crippen LogP contribution in [0.15, 0.2) is 60.8 Å². The zero-order chi connectivity index (χ0) is 22.2. The molecule has 0 fully saturated rings. The molecule has 0 aliphatic carbocycles. The minimum atomic E-state index is -0.619. The second-order valence-corrected chi connectivity index (χ2v) is 7.47. The molecule has 31 heavy (non-hydrogen) atoms. The Morgan fingerprint density at radius 3 is 2.58 bits per heavy atom. The standard InChI is InChI=1S/C23H25ClN4O3/c1-3-19(28(2)22(29)26-14-18-10-6-7-11-20(18)24)15-31-23(30)27-21-12-16-8-4-5-9-17(16)13-25-21/h4-13,19H,3,14-15H2,1-2H3,(H,26,29)(H,25,27,30). The summed E-state index contributed by atoms with van der Waals surface area (Å²) in [7, 11) is 1.67. The molecule has 3 aromatic rings.